The Balaban J connectivity index is 2.03. The van der Waals surface area contributed by atoms with E-state index in [-0.39, 0.29) is 6.10 Å². The van der Waals surface area contributed by atoms with Crippen molar-refractivity contribution in [2.45, 2.75) is 18.9 Å². The fourth-order valence-corrected chi connectivity index (χ4v) is 2.03. The third-order valence-corrected chi connectivity index (χ3v) is 3.05. The molecule has 1 aromatic carbocycles. The minimum Gasteiger partial charge on any atom is -0.493 e. The van der Waals surface area contributed by atoms with Crippen molar-refractivity contribution >= 4 is 12.0 Å². The van der Waals surface area contributed by atoms with E-state index in [0.717, 1.165) is 31.1 Å². The lowest BCUT2D eigenvalue weighted by Gasteiger charge is -2.14. The normalized spacial score (nSPS) is 18.4. The Bertz CT molecular complexity index is 489. The second-order valence-corrected chi connectivity index (χ2v) is 4.53. The number of methoxy groups -OCH3 is 1. The van der Waals surface area contributed by atoms with Crippen LogP contribution < -0.4 is 9.47 Å². The Hall–Kier alpha value is -2.01. The first-order chi connectivity index (χ1) is 9.69. The van der Waals surface area contributed by atoms with Gasteiger partial charge in [-0.15, -0.1) is 0 Å². The molecule has 5 heteroatoms. The van der Waals surface area contributed by atoms with E-state index in [1.54, 1.807) is 25.3 Å². The predicted octanol–water partition coefficient (Wildman–Crippen LogP) is 2.35. The van der Waals surface area contributed by atoms with Gasteiger partial charge in [-0.1, -0.05) is 6.07 Å². The lowest BCUT2D eigenvalue weighted by Crippen LogP contribution is -2.16. The van der Waals surface area contributed by atoms with Crippen molar-refractivity contribution in [3.8, 4) is 11.5 Å². The fraction of sp³-hybridized carbons (Fsp3) is 0.400. The standard InChI is InChI=1S/C15H18O5/c1-18-14-9-11(5-7-15(16)17)4-6-13(14)20-10-12-3-2-8-19-12/h4-7,9,12H,2-3,8,10H2,1H3,(H,16,17). The number of carboxylic acid groups (broad SMARTS) is 1. The maximum Gasteiger partial charge on any atom is 0.328 e. The van der Waals surface area contributed by atoms with E-state index >= 15 is 0 Å². The highest BCUT2D eigenvalue weighted by molar-refractivity contribution is 5.85. The molecule has 1 aromatic rings. The van der Waals surface area contributed by atoms with Crippen molar-refractivity contribution in [2.24, 2.45) is 0 Å². The van der Waals surface area contributed by atoms with E-state index < -0.39 is 5.97 Å². The number of hydrogen-bond donors (Lipinski definition) is 1. The summed E-state index contributed by atoms with van der Waals surface area (Å²) < 4.78 is 16.5. The first-order valence-electron chi connectivity index (χ1n) is 6.52. The number of carbonyl (C=O) groups is 1. The molecule has 0 radical (unpaired) electrons. The first kappa shape index (κ1) is 14.4. The second kappa shape index (κ2) is 6.96. The zero-order valence-electron chi connectivity index (χ0n) is 11.4. The molecule has 1 saturated heterocycles. The van der Waals surface area contributed by atoms with Crippen molar-refractivity contribution in [2.75, 3.05) is 20.3 Å². The summed E-state index contributed by atoms with van der Waals surface area (Å²) in [5.74, 6) is 0.230. The maximum absolute atomic E-state index is 10.5. The van der Waals surface area contributed by atoms with Crippen LogP contribution >= 0.6 is 0 Å². The van der Waals surface area contributed by atoms with E-state index in [2.05, 4.69) is 0 Å². The largest absolute Gasteiger partial charge is 0.493 e. The Kier molecular flexibility index (Phi) is 5.01. The topological polar surface area (TPSA) is 65.0 Å². The Morgan fingerprint density at radius 3 is 3.00 bits per heavy atom. The summed E-state index contributed by atoms with van der Waals surface area (Å²) in [7, 11) is 1.55. The predicted molar refractivity (Wildman–Crippen MR) is 74.1 cm³/mol. The number of rotatable bonds is 6. The molecule has 1 atom stereocenters. The van der Waals surface area contributed by atoms with Crippen LogP contribution in [0, 0.1) is 0 Å². The minimum absolute atomic E-state index is 0.145. The highest BCUT2D eigenvalue weighted by Crippen LogP contribution is 2.29. The van der Waals surface area contributed by atoms with E-state index in [1.165, 1.54) is 6.08 Å². The SMILES string of the molecule is COc1cc(C=CC(=O)O)ccc1OCC1CCCO1. The molecule has 1 heterocycles. The van der Waals surface area contributed by atoms with Crippen LogP contribution in [0.2, 0.25) is 0 Å². The highest BCUT2D eigenvalue weighted by Gasteiger charge is 2.17. The number of ether oxygens (including phenoxy) is 3. The zero-order valence-corrected chi connectivity index (χ0v) is 11.4. The molecule has 1 fully saturated rings. The van der Waals surface area contributed by atoms with Gasteiger partial charge in [0.15, 0.2) is 11.5 Å². The van der Waals surface area contributed by atoms with Gasteiger partial charge < -0.3 is 19.3 Å². The van der Waals surface area contributed by atoms with Crippen molar-refractivity contribution in [3.05, 3.63) is 29.8 Å². The van der Waals surface area contributed by atoms with Crippen molar-refractivity contribution in [1.29, 1.82) is 0 Å². The summed E-state index contributed by atoms with van der Waals surface area (Å²) >= 11 is 0. The van der Waals surface area contributed by atoms with Crippen LogP contribution in [-0.4, -0.2) is 37.5 Å². The average molecular weight is 278 g/mol. The number of carboxylic acids is 1. The van der Waals surface area contributed by atoms with Crippen molar-refractivity contribution in [1.82, 2.24) is 0 Å². The van der Waals surface area contributed by atoms with Crippen molar-refractivity contribution < 1.29 is 24.1 Å². The molecular weight excluding hydrogens is 260 g/mol. The molecule has 1 aliphatic rings. The van der Waals surface area contributed by atoms with Gasteiger partial charge in [0.05, 0.1) is 13.2 Å². The molecule has 2 rings (SSSR count). The van der Waals surface area contributed by atoms with Crippen LogP contribution in [0.4, 0.5) is 0 Å². The van der Waals surface area contributed by atoms with Gasteiger partial charge in [0.2, 0.25) is 0 Å². The molecule has 108 valence electrons. The molecular formula is C15H18O5. The molecule has 20 heavy (non-hydrogen) atoms. The molecule has 0 saturated carbocycles. The fourth-order valence-electron chi connectivity index (χ4n) is 2.03. The van der Waals surface area contributed by atoms with Gasteiger partial charge in [0.25, 0.3) is 0 Å². The quantitative estimate of drug-likeness (QED) is 0.809. The van der Waals surface area contributed by atoms with Gasteiger partial charge in [-0.25, -0.2) is 4.79 Å². The summed E-state index contributed by atoms with van der Waals surface area (Å²) in [6, 6.07) is 5.30. The summed E-state index contributed by atoms with van der Waals surface area (Å²) in [5, 5.41) is 8.60. The Morgan fingerprint density at radius 2 is 2.35 bits per heavy atom. The van der Waals surface area contributed by atoms with Crippen LogP contribution in [-0.2, 0) is 9.53 Å². The lowest BCUT2D eigenvalue weighted by molar-refractivity contribution is -0.131. The average Bonchev–Trinajstić information content (AvgIpc) is 2.96. The van der Waals surface area contributed by atoms with Crippen LogP contribution in [0.15, 0.2) is 24.3 Å². The summed E-state index contributed by atoms with van der Waals surface area (Å²) in [6.07, 6.45) is 4.83. The van der Waals surface area contributed by atoms with Crippen LogP contribution in [0.1, 0.15) is 18.4 Å². The monoisotopic (exact) mass is 278 g/mol. The lowest BCUT2D eigenvalue weighted by atomic mass is 10.2. The molecule has 0 bridgehead atoms. The Labute approximate surface area is 117 Å². The summed E-state index contributed by atoms with van der Waals surface area (Å²) in [6.45, 7) is 1.30. The summed E-state index contributed by atoms with van der Waals surface area (Å²) in [4.78, 5) is 10.5. The third kappa shape index (κ3) is 3.99. The molecule has 1 N–H and O–H groups in total. The van der Waals surface area contributed by atoms with Gasteiger partial charge in [-0.2, -0.15) is 0 Å². The zero-order chi connectivity index (χ0) is 14.4. The summed E-state index contributed by atoms with van der Waals surface area (Å²) in [5.41, 5.74) is 0.744. The molecule has 1 unspecified atom stereocenters. The van der Waals surface area contributed by atoms with Gasteiger partial charge >= 0.3 is 5.97 Å². The highest BCUT2D eigenvalue weighted by atomic mass is 16.5. The van der Waals surface area contributed by atoms with Gasteiger partial charge in [-0.05, 0) is 36.6 Å². The molecule has 0 aliphatic carbocycles. The van der Waals surface area contributed by atoms with Crippen LogP contribution in [0.25, 0.3) is 6.08 Å². The van der Waals surface area contributed by atoms with E-state index in [4.69, 9.17) is 19.3 Å². The molecule has 0 amide bonds. The van der Waals surface area contributed by atoms with Crippen molar-refractivity contribution in [3.63, 3.8) is 0 Å². The molecule has 1 aliphatic heterocycles. The minimum atomic E-state index is -0.984. The number of hydrogen-bond acceptors (Lipinski definition) is 4. The molecule has 0 spiro atoms. The Morgan fingerprint density at radius 1 is 1.50 bits per heavy atom. The van der Waals surface area contributed by atoms with E-state index in [1.807, 2.05) is 0 Å². The smallest absolute Gasteiger partial charge is 0.328 e. The van der Waals surface area contributed by atoms with Gasteiger partial charge in [-0.3, -0.25) is 0 Å². The maximum atomic E-state index is 10.5. The van der Waals surface area contributed by atoms with Gasteiger partial charge in [0, 0.05) is 12.7 Å². The van der Waals surface area contributed by atoms with E-state index in [0.29, 0.717) is 18.1 Å². The van der Waals surface area contributed by atoms with E-state index in [9.17, 15) is 4.79 Å². The number of benzene rings is 1. The first-order valence-corrected chi connectivity index (χ1v) is 6.52. The number of aliphatic carboxylic acids is 1. The second-order valence-electron chi connectivity index (χ2n) is 4.53. The molecule has 0 aromatic heterocycles. The van der Waals surface area contributed by atoms with Crippen LogP contribution in [0.3, 0.4) is 0 Å². The van der Waals surface area contributed by atoms with Crippen LogP contribution in [0.5, 0.6) is 11.5 Å². The van der Waals surface area contributed by atoms with Gasteiger partial charge in [0.1, 0.15) is 6.61 Å². The molecule has 5 nitrogen and oxygen atoms in total. The third-order valence-electron chi connectivity index (χ3n) is 3.05.